The van der Waals surface area contributed by atoms with Crippen LogP contribution in [0, 0.1) is 0 Å². The van der Waals surface area contributed by atoms with Crippen molar-refractivity contribution >= 4 is 17.8 Å². The number of fused-ring (bicyclic) bond motifs is 1. The second kappa shape index (κ2) is 6.53. The molecule has 0 fully saturated rings. The molecule has 0 aliphatic carbocycles. The highest BCUT2D eigenvalue weighted by molar-refractivity contribution is 6.21. The van der Waals surface area contributed by atoms with Crippen LogP contribution in [0.1, 0.15) is 43.8 Å². The van der Waals surface area contributed by atoms with Gasteiger partial charge in [0.2, 0.25) is 0 Å². The maximum Gasteiger partial charge on any atom is 0.369 e. The molecule has 2 aromatic carbocycles. The van der Waals surface area contributed by atoms with E-state index in [4.69, 9.17) is 9.36 Å². The van der Waals surface area contributed by atoms with Crippen molar-refractivity contribution in [1.82, 2.24) is 10.2 Å². The number of aryl methyl sites for hydroxylation is 1. The van der Waals surface area contributed by atoms with Gasteiger partial charge in [0.15, 0.2) is 5.76 Å². The van der Waals surface area contributed by atoms with E-state index in [-0.39, 0.29) is 16.7 Å². The van der Waals surface area contributed by atoms with Crippen molar-refractivity contribution in [1.29, 1.82) is 0 Å². The van der Waals surface area contributed by atoms with Crippen LogP contribution >= 0.6 is 0 Å². The molecule has 0 spiro atoms. The Morgan fingerprint density at radius 2 is 1.59 bits per heavy atom. The van der Waals surface area contributed by atoms with Crippen molar-refractivity contribution in [3.8, 4) is 11.3 Å². The van der Waals surface area contributed by atoms with Gasteiger partial charge in [-0.25, -0.2) is 4.79 Å². The minimum atomic E-state index is -0.874. The molecule has 0 bridgehead atoms. The van der Waals surface area contributed by atoms with Gasteiger partial charge < -0.3 is 9.36 Å². The number of amides is 2. The van der Waals surface area contributed by atoms with Gasteiger partial charge in [-0.15, -0.1) is 0 Å². The molecule has 134 valence electrons. The van der Waals surface area contributed by atoms with Crippen LogP contribution in [-0.4, -0.2) is 28.0 Å². The second-order valence-corrected chi connectivity index (χ2v) is 5.88. The summed E-state index contributed by atoms with van der Waals surface area (Å²) in [7, 11) is 0. The fourth-order valence-corrected chi connectivity index (χ4v) is 2.95. The summed E-state index contributed by atoms with van der Waals surface area (Å²) in [4.78, 5) is 42.8. The van der Waals surface area contributed by atoms with E-state index in [1.807, 2.05) is 6.07 Å². The molecule has 1 aliphatic heterocycles. The minimum absolute atomic E-state index is 0.0975. The first-order valence-electron chi connectivity index (χ1n) is 8.36. The summed E-state index contributed by atoms with van der Waals surface area (Å²) in [6.07, 6.45) is 0.395. The molecule has 1 aliphatic rings. The van der Waals surface area contributed by atoms with Gasteiger partial charge in [0.25, 0.3) is 11.8 Å². The summed E-state index contributed by atoms with van der Waals surface area (Å²) in [6, 6.07) is 15.3. The van der Waals surface area contributed by atoms with Gasteiger partial charge in [0, 0.05) is 12.0 Å². The molecular formula is C20H14N2O5. The van der Waals surface area contributed by atoms with E-state index in [9.17, 15) is 14.4 Å². The number of nitrogens with zero attached hydrogens (tertiary/aromatic N) is 2. The summed E-state index contributed by atoms with van der Waals surface area (Å²) in [5.41, 5.74) is 1.45. The average molecular weight is 362 g/mol. The molecule has 0 atom stereocenters. The van der Waals surface area contributed by atoms with Gasteiger partial charge in [0.1, 0.15) is 11.3 Å². The fourth-order valence-electron chi connectivity index (χ4n) is 2.95. The number of hydrogen-bond donors (Lipinski definition) is 0. The molecule has 3 aromatic rings. The van der Waals surface area contributed by atoms with E-state index in [0.29, 0.717) is 28.5 Å². The largest absolute Gasteiger partial charge is 0.369 e. The quantitative estimate of drug-likeness (QED) is 0.662. The lowest BCUT2D eigenvalue weighted by atomic mass is 10.1. The summed E-state index contributed by atoms with van der Waals surface area (Å²) in [6.45, 7) is 1.80. The van der Waals surface area contributed by atoms with Gasteiger partial charge in [-0.3, -0.25) is 9.59 Å². The summed E-state index contributed by atoms with van der Waals surface area (Å²) < 4.78 is 5.26. The highest BCUT2D eigenvalue weighted by atomic mass is 16.7. The zero-order valence-electron chi connectivity index (χ0n) is 14.3. The molecule has 1 aromatic heterocycles. The SMILES string of the molecule is CCc1onc(-c2ccccc2)c1C(=O)ON1C(=O)c2ccccc2C1=O. The minimum Gasteiger partial charge on any atom is -0.360 e. The van der Waals surface area contributed by atoms with E-state index in [1.165, 1.54) is 12.1 Å². The second-order valence-electron chi connectivity index (χ2n) is 5.88. The predicted octanol–water partition coefficient (Wildman–Crippen LogP) is 3.27. The number of carbonyl (C=O) groups excluding carboxylic acids is 3. The van der Waals surface area contributed by atoms with Crippen LogP contribution < -0.4 is 0 Å². The van der Waals surface area contributed by atoms with Gasteiger partial charge in [-0.05, 0) is 12.1 Å². The van der Waals surface area contributed by atoms with E-state index in [1.54, 1.807) is 43.3 Å². The third kappa shape index (κ3) is 2.69. The molecule has 2 amide bonds. The molecule has 2 heterocycles. The Kier molecular flexibility index (Phi) is 4.04. The Labute approximate surface area is 154 Å². The first-order valence-corrected chi connectivity index (χ1v) is 8.36. The molecule has 0 saturated carbocycles. The van der Waals surface area contributed by atoms with E-state index >= 15 is 0 Å². The van der Waals surface area contributed by atoms with Gasteiger partial charge in [0.05, 0.1) is 11.1 Å². The van der Waals surface area contributed by atoms with Crippen molar-refractivity contribution in [2.75, 3.05) is 0 Å². The van der Waals surface area contributed by atoms with E-state index < -0.39 is 17.8 Å². The van der Waals surface area contributed by atoms with Crippen molar-refractivity contribution in [2.24, 2.45) is 0 Å². The fraction of sp³-hybridized carbons (Fsp3) is 0.100. The van der Waals surface area contributed by atoms with Crippen molar-refractivity contribution in [3.05, 3.63) is 77.0 Å². The average Bonchev–Trinajstić information content (AvgIpc) is 3.24. The highest BCUT2D eigenvalue weighted by Gasteiger charge is 2.40. The zero-order valence-corrected chi connectivity index (χ0v) is 14.3. The Morgan fingerprint density at radius 1 is 1.00 bits per heavy atom. The lowest BCUT2D eigenvalue weighted by Crippen LogP contribution is -2.33. The van der Waals surface area contributed by atoms with Crippen LogP contribution in [0.3, 0.4) is 0 Å². The Hall–Kier alpha value is -3.74. The number of carbonyl (C=O) groups is 3. The zero-order chi connectivity index (χ0) is 19.0. The topological polar surface area (TPSA) is 89.7 Å². The molecule has 7 nitrogen and oxygen atoms in total. The van der Waals surface area contributed by atoms with Crippen LogP contribution in [0.5, 0.6) is 0 Å². The molecule has 0 radical (unpaired) electrons. The molecule has 0 unspecified atom stereocenters. The molecule has 0 N–H and O–H groups in total. The Morgan fingerprint density at radius 3 is 2.19 bits per heavy atom. The smallest absolute Gasteiger partial charge is 0.360 e. The maximum atomic E-state index is 12.8. The highest BCUT2D eigenvalue weighted by Crippen LogP contribution is 2.29. The van der Waals surface area contributed by atoms with Crippen molar-refractivity contribution < 1.29 is 23.7 Å². The lowest BCUT2D eigenvalue weighted by molar-refractivity contribution is -0.0585. The molecule has 27 heavy (non-hydrogen) atoms. The van der Waals surface area contributed by atoms with Gasteiger partial charge >= 0.3 is 5.97 Å². The van der Waals surface area contributed by atoms with Gasteiger partial charge in [-0.2, -0.15) is 0 Å². The van der Waals surface area contributed by atoms with Crippen LogP contribution in [0.2, 0.25) is 0 Å². The number of rotatable bonds is 4. The molecule has 7 heteroatoms. The normalized spacial score (nSPS) is 13.0. The lowest BCUT2D eigenvalue weighted by Gasteiger charge is -2.12. The molecule has 0 saturated heterocycles. The third-order valence-corrected chi connectivity index (χ3v) is 4.27. The van der Waals surface area contributed by atoms with E-state index in [2.05, 4.69) is 5.16 Å². The van der Waals surface area contributed by atoms with Crippen LogP contribution in [0.4, 0.5) is 0 Å². The van der Waals surface area contributed by atoms with E-state index in [0.717, 1.165) is 0 Å². The van der Waals surface area contributed by atoms with Crippen LogP contribution in [0.25, 0.3) is 11.3 Å². The molecular weight excluding hydrogens is 348 g/mol. The van der Waals surface area contributed by atoms with Crippen molar-refractivity contribution in [2.45, 2.75) is 13.3 Å². The third-order valence-electron chi connectivity index (χ3n) is 4.27. The number of hydroxylamine groups is 2. The van der Waals surface area contributed by atoms with Crippen LogP contribution in [0.15, 0.2) is 59.1 Å². The van der Waals surface area contributed by atoms with Crippen LogP contribution in [-0.2, 0) is 11.3 Å². The Bertz CT molecular complexity index is 1020. The maximum absolute atomic E-state index is 12.8. The van der Waals surface area contributed by atoms with Crippen molar-refractivity contribution in [3.63, 3.8) is 0 Å². The predicted molar refractivity (Wildman–Crippen MR) is 93.7 cm³/mol. The summed E-state index contributed by atoms with van der Waals surface area (Å²) in [5, 5.41) is 4.45. The standard InChI is InChI=1S/C20H14N2O5/c1-2-15-16(17(21-26-15)12-8-4-3-5-9-12)20(25)27-22-18(23)13-10-6-7-11-14(13)19(22)24/h3-11H,2H2,1H3. The first-order chi connectivity index (χ1) is 13.1. The monoisotopic (exact) mass is 362 g/mol. The number of hydrogen-bond acceptors (Lipinski definition) is 6. The number of benzene rings is 2. The van der Waals surface area contributed by atoms with Gasteiger partial charge in [-0.1, -0.05) is 59.6 Å². The molecule has 4 rings (SSSR count). The number of imide groups is 1. The summed E-state index contributed by atoms with van der Waals surface area (Å²) in [5.74, 6) is -1.92. The number of aromatic nitrogens is 1. The Balaban J connectivity index is 1.68. The summed E-state index contributed by atoms with van der Waals surface area (Å²) >= 11 is 0. The first kappa shape index (κ1) is 16.7.